The number of carbonyl (C=O) groups is 3. The predicted octanol–water partition coefficient (Wildman–Crippen LogP) is 8.32. The Labute approximate surface area is 358 Å². The molecule has 0 aliphatic carbocycles. The summed E-state index contributed by atoms with van der Waals surface area (Å²) in [6.07, 6.45) is 5.05. The number of aliphatic hydroxyl groups excluding tert-OH is 2. The van der Waals surface area contributed by atoms with Crippen molar-refractivity contribution in [1.82, 2.24) is 9.80 Å². The molecular weight excluding hydrogens is 753 g/mol. The van der Waals surface area contributed by atoms with Crippen LogP contribution in [0.1, 0.15) is 89.1 Å². The zero-order chi connectivity index (χ0) is 43.1. The third-order valence-electron chi connectivity index (χ3n) is 11.2. The van der Waals surface area contributed by atoms with E-state index in [9.17, 15) is 19.5 Å². The molecule has 60 heavy (non-hydrogen) atoms. The van der Waals surface area contributed by atoms with Crippen LogP contribution in [-0.2, 0) is 19.1 Å². The van der Waals surface area contributed by atoms with Crippen LogP contribution < -0.4 is 9.80 Å². The number of anilines is 2. The van der Waals surface area contributed by atoms with Gasteiger partial charge in [0.05, 0.1) is 6.10 Å². The second-order valence-corrected chi connectivity index (χ2v) is 15.6. The van der Waals surface area contributed by atoms with Crippen LogP contribution in [0.5, 0.6) is 0 Å². The maximum absolute atomic E-state index is 12.6. The van der Waals surface area contributed by atoms with Gasteiger partial charge < -0.3 is 29.6 Å². The second kappa shape index (κ2) is 26.4. The molecule has 2 saturated heterocycles. The largest absolute Gasteiger partial charge is 0.456 e. The van der Waals surface area contributed by atoms with Crippen molar-refractivity contribution in [2.24, 2.45) is 11.8 Å². The van der Waals surface area contributed by atoms with Crippen LogP contribution in [0.25, 0.3) is 0 Å². The molecule has 4 aromatic rings. The number of likely N-dealkylation sites (tertiary alicyclic amines) is 2. The molecule has 0 bridgehead atoms. The first-order valence-electron chi connectivity index (χ1n) is 21.8. The number of β-amino-alcohol motifs (C(OH)–C–C–N with tert-alkyl or cyclic N) is 1. The van der Waals surface area contributed by atoms with Crippen molar-refractivity contribution >= 4 is 29.2 Å². The van der Waals surface area contributed by atoms with E-state index in [0.29, 0.717) is 44.2 Å². The number of ether oxygens (including phenoxy) is 1. The van der Waals surface area contributed by atoms with Gasteiger partial charge >= 0.3 is 5.97 Å². The van der Waals surface area contributed by atoms with E-state index in [4.69, 9.17) is 9.84 Å². The highest BCUT2D eigenvalue weighted by atomic mass is 16.5. The van der Waals surface area contributed by atoms with Gasteiger partial charge in [0.25, 0.3) is 0 Å². The molecule has 2 N–H and O–H groups in total. The van der Waals surface area contributed by atoms with E-state index in [1.54, 1.807) is 0 Å². The topological polar surface area (TPSA) is 114 Å². The number of amides is 2. The third kappa shape index (κ3) is 15.3. The molecule has 2 heterocycles. The molecule has 0 saturated carbocycles. The number of rotatable bonds is 16. The fraction of sp³-hybridized carbons (Fsp3) is 0.460. The van der Waals surface area contributed by atoms with E-state index in [0.717, 1.165) is 94.6 Å². The lowest BCUT2D eigenvalue weighted by Crippen LogP contribution is -2.44. The zero-order valence-corrected chi connectivity index (χ0v) is 36.3. The van der Waals surface area contributed by atoms with Crippen molar-refractivity contribution < 1.29 is 29.3 Å². The molecule has 2 fully saturated rings. The number of benzene rings is 4. The Bertz CT molecular complexity index is 1800. The average Bonchev–Trinajstić information content (AvgIpc) is 3.31. The summed E-state index contributed by atoms with van der Waals surface area (Å²) in [6, 6.07) is 39.7. The Balaban J connectivity index is 0.000000256. The summed E-state index contributed by atoms with van der Waals surface area (Å²) in [6.45, 7) is 12.3. The van der Waals surface area contributed by atoms with Gasteiger partial charge in [0.1, 0.15) is 6.10 Å². The standard InChI is InChI=1S/C26H34N2O3.C23H30N2O2.CH4O/c1-3-25(29)28(23-15-9-6-10-16-23)19-21-12-11-17-27(18-21)20-24(31-26(30)4-2)22-13-7-5-8-14-22;1-2-23(27)25(21-13-7-4-8-14-21)17-19-10-9-15-24(16-19)18-22(26)20-11-5-3-6-12-20;1-2/h5-10,13-16,21,24H,3-4,11-12,17-20H2,1-2H3;3-8,11-14,19,22,26H,2,9-10,15-18H2,1H3;2H,1H3. The van der Waals surface area contributed by atoms with Crippen LogP contribution >= 0.6 is 0 Å². The fourth-order valence-electron chi connectivity index (χ4n) is 8.13. The van der Waals surface area contributed by atoms with E-state index in [1.165, 1.54) is 0 Å². The number of hydrogen-bond acceptors (Lipinski definition) is 8. The van der Waals surface area contributed by atoms with Gasteiger partial charge in [0.15, 0.2) is 0 Å². The van der Waals surface area contributed by atoms with Crippen molar-refractivity contribution in [1.29, 1.82) is 0 Å². The maximum atomic E-state index is 12.6. The Hall–Kier alpha value is -4.87. The molecule has 4 unspecified atom stereocenters. The Morgan fingerprint density at radius 3 is 1.42 bits per heavy atom. The van der Waals surface area contributed by atoms with Gasteiger partial charge in [-0.15, -0.1) is 0 Å². The number of esters is 1. The second-order valence-electron chi connectivity index (χ2n) is 15.6. The van der Waals surface area contributed by atoms with E-state index < -0.39 is 6.10 Å². The fourth-order valence-corrected chi connectivity index (χ4v) is 8.13. The minimum atomic E-state index is -0.465. The van der Waals surface area contributed by atoms with Gasteiger partial charge in [0, 0.05) is 77.0 Å². The van der Waals surface area contributed by atoms with Crippen molar-refractivity contribution in [3.63, 3.8) is 0 Å². The summed E-state index contributed by atoms with van der Waals surface area (Å²) in [7, 11) is 1.00. The molecule has 10 heteroatoms. The summed E-state index contributed by atoms with van der Waals surface area (Å²) < 4.78 is 5.78. The number of nitrogens with zero attached hydrogens (tertiary/aromatic N) is 4. The normalized spacial score (nSPS) is 17.7. The van der Waals surface area contributed by atoms with E-state index in [1.807, 2.05) is 152 Å². The van der Waals surface area contributed by atoms with Crippen molar-refractivity contribution in [3.05, 3.63) is 132 Å². The lowest BCUT2D eigenvalue weighted by atomic mass is 9.96. The first kappa shape index (κ1) is 47.8. The number of carbonyl (C=O) groups excluding carboxylic acids is 3. The summed E-state index contributed by atoms with van der Waals surface area (Å²) in [4.78, 5) is 45.8. The lowest BCUT2D eigenvalue weighted by Gasteiger charge is -2.37. The molecule has 0 radical (unpaired) electrons. The number of aliphatic hydroxyl groups is 2. The minimum Gasteiger partial charge on any atom is -0.456 e. The lowest BCUT2D eigenvalue weighted by molar-refractivity contribution is -0.150. The molecule has 2 amide bonds. The Kier molecular flexibility index (Phi) is 21.0. The Morgan fingerprint density at radius 1 is 0.600 bits per heavy atom. The summed E-state index contributed by atoms with van der Waals surface area (Å²) in [5.74, 6) is 0.969. The highest BCUT2D eigenvalue weighted by Gasteiger charge is 2.29. The zero-order valence-electron chi connectivity index (χ0n) is 36.3. The smallest absolute Gasteiger partial charge is 0.306 e. The molecule has 4 atom stereocenters. The van der Waals surface area contributed by atoms with Crippen molar-refractivity contribution in [2.75, 3.05) is 69.3 Å². The molecular formula is C50H68N4O6. The van der Waals surface area contributed by atoms with Gasteiger partial charge in [-0.1, -0.05) is 118 Å². The number of piperidine rings is 2. The van der Waals surface area contributed by atoms with E-state index in [2.05, 4.69) is 9.80 Å². The SMILES string of the molecule is CCC(=O)N(CC1CCCN(CC(O)c2ccccc2)C1)c1ccccc1.CCC(=O)OC(CN1CCCC(CN(C(=O)CC)c2ccccc2)C1)c1ccccc1.CO. The maximum Gasteiger partial charge on any atom is 0.306 e. The van der Waals surface area contributed by atoms with Crippen LogP contribution in [0.3, 0.4) is 0 Å². The Morgan fingerprint density at radius 2 is 1.00 bits per heavy atom. The van der Waals surface area contributed by atoms with Crippen LogP contribution in [0.2, 0.25) is 0 Å². The van der Waals surface area contributed by atoms with Crippen LogP contribution in [-0.4, -0.2) is 97.3 Å². The van der Waals surface area contributed by atoms with Crippen LogP contribution in [0.4, 0.5) is 11.4 Å². The summed E-state index contributed by atoms with van der Waals surface area (Å²) in [5, 5.41) is 17.5. The van der Waals surface area contributed by atoms with E-state index in [-0.39, 0.29) is 23.9 Å². The summed E-state index contributed by atoms with van der Waals surface area (Å²) in [5.41, 5.74) is 3.93. The highest BCUT2D eigenvalue weighted by Crippen LogP contribution is 2.27. The minimum absolute atomic E-state index is 0.155. The van der Waals surface area contributed by atoms with Crippen LogP contribution in [0.15, 0.2) is 121 Å². The van der Waals surface area contributed by atoms with E-state index >= 15 is 0 Å². The first-order chi connectivity index (χ1) is 29.3. The molecule has 0 spiro atoms. The van der Waals surface area contributed by atoms with Gasteiger partial charge in [0.2, 0.25) is 11.8 Å². The molecule has 4 aromatic carbocycles. The molecule has 2 aliphatic heterocycles. The average molecular weight is 821 g/mol. The van der Waals surface area contributed by atoms with Crippen LogP contribution in [0, 0.1) is 11.8 Å². The molecule has 0 aromatic heterocycles. The molecule has 10 nitrogen and oxygen atoms in total. The molecule has 6 rings (SSSR count). The van der Waals surface area contributed by atoms with Crippen molar-refractivity contribution in [2.45, 2.75) is 77.9 Å². The number of para-hydroxylation sites is 2. The monoisotopic (exact) mass is 821 g/mol. The van der Waals surface area contributed by atoms with Crippen molar-refractivity contribution in [3.8, 4) is 0 Å². The first-order valence-corrected chi connectivity index (χ1v) is 21.8. The third-order valence-corrected chi connectivity index (χ3v) is 11.2. The van der Waals surface area contributed by atoms with Gasteiger partial charge in [-0.05, 0) is 86.0 Å². The molecule has 324 valence electrons. The molecule has 2 aliphatic rings. The van der Waals surface area contributed by atoms with Gasteiger partial charge in [-0.2, -0.15) is 0 Å². The van der Waals surface area contributed by atoms with Gasteiger partial charge in [-0.25, -0.2) is 0 Å². The quantitative estimate of drug-likeness (QED) is 0.109. The van der Waals surface area contributed by atoms with Gasteiger partial charge in [-0.3, -0.25) is 19.3 Å². The predicted molar refractivity (Wildman–Crippen MR) is 242 cm³/mol. The summed E-state index contributed by atoms with van der Waals surface area (Å²) >= 11 is 0. The number of hydrogen-bond donors (Lipinski definition) is 2. The highest BCUT2D eigenvalue weighted by molar-refractivity contribution is 5.93.